The van der Waals surface area contributed by atoms with Crippen LogP contribution in [0.3, 0.4) is 0 Å². The van der Waals surface area contributed by atoms with E-state index >= 15 is 0 Å². The fourth-order valence-electron chi connectivity index (χ4n) is 3.38. The van der Waals surface area contributed by atoms with Gasteiger partial charge in [0.25, 0.3) is 5.91 Å². The second-order valence-corrected chi connectivity index (χ2v) is 8.78. The molecule has 1 atom stereocenters. The highest BCUT2D eigenvalue weighted by Crippen LogP contribution is 2.21. The predicted molar refractivity (Wildman–Crippen MR) is 99.0 cm³/mol. The van der Waals surface area contributed by atoms with Gasteiger partial charge >= 0.3 is 5.97 Å². The molecule has 1 aliphatic heterocycles. The van der Waals surface area contributed by atoms with E-state index in [4.69, 9.17) is 5.11 Å². The highest BCUT2D eigenvalue weighted by Gasteiger charge is 2.34. The molecule has 0 bridgehead atoms. The van der Waals surface area contributed by atoms with E-state index in [1.54, 1.807) is 36.1 Å². The molecule has 1 amide bonds. The first kappa shape index (κ1) is 19.1. The zero-order valence-electron chi connectivity index (χ0n) is 15.1. The molecule has 1 unspecified atom stereocenters. The second-order valence-electron chi connectivity index (χ2n) is 6.56. The molecule has 144 valence electrons. The molecule has 0 aliphatic carbocycles. The number of rotatable bonds is 5. The van der Waals surface area contributed by atoms with E-state index in [0.29, 0.717) is 29.9 Å². The number of carboxylic acids is 1. The average molecular weight is 391 g/mol. The first-order chi connectivity index (χ1) is 12.7. The molecule has 1 aromatic heterocycles. The van der Waals surface area contributed by atoms with Crippen LogP contribution in [0.1, 0.15) is 39.8 Å². The predicted octanol–water partition coefficient (Wildman–Crippen LogP) is 1.53. The molecular weight excluding hydrogens is 370 g/mol. The van der Waals surface area contributed by atoms with E-state index in [2.05, 4.69) is 5.10 Å². The van der Waals surface area contributed by atoms with Crippen molar-refractivity contribution in [3.8, 4) is 5.69 Å². The minimum Gasteiger partial charge on any atom is -0.478 e. The van der Waals surface area contributed by atoms with Crippen molar-refractivity contribution in [1.29, 1.82) is 0 Å². The Bertz CT molecular complexity index is 979. The Hall–Kier alpha value is -2.68. The van der Waals surface area contributed by atoms with Crippen LogP contribution in [-0.4, -0.2) is 64.2 Å². The highest BCUT2D eigenvalue weighted by molar-refractivity contribution is 7.91. The van der Waals surface area contributed by atoms with Crippen LogP contribution in [0.25, 0.3) is 5.69 Å². The largest absolute Gasteiger partial charge is 0.478 e. The van der Waals surface area contributed by atoms with Gasteiger partial charge in [-0.15, -0.1) is 0 Å². The van der Waals surface area contributed by atoms with Gasteiger partial charge in [0.1, 0.15) is 5.56 Å². The van der Waals surface area contributed by atoms with Crippen molar-refractivity contribution >= 4 is 21.7 Å². The average Bonchev–Trinajstić information content (AvgIpc) is 3.18. The third-order valence-electron chi connectivity index (χ3n) is 4.85. The quantitative estimate of drug-likeness (QED) is 0.828. The molecular formula is C18H21N3O5S. The Kier molecular flexibility index (Phi) is 5.05. The highest BCUT2D eigenvalue weighted by atomic mass is 32.2. The molecule has 8 nitrogen and oxygen atoms in total. The van der Waals surface area contributed by atoms with Crippen molar-refractivity contribution in [2.45, 2.75) is 26.3 Å². The summed E-state index contributed by atoms with van der Waals surface area (Å²) in [7, 11) is -3.07. The van der Waals surface area contributed by atoms with Gasteiger partial charge in [-0.1, -0.05) is 0 Å². The molecule has 2 aromatic rings. The van der Waals surface area contributed by atoms with Gasteiger partial charge in [0.15, 0.2) is 9.84 Å². The standard InChI is InChI=1S/C18H21N3O5S/c1-3-20(15-8-9-27(25,26)11-15)17(22)13-4-6-14(7-5-13)21-12(2)16(10-19-21)18(23)24/h4-7,10,15H,3,8-9,11H2,1-2H3,(H,23,24). The number of sulfone groups is 1. The number of benzene rings is 1. The lowest BCUT2D eigenvalue weighted by molar-refractivity contribution is 0.0691. The summed E-state index contributed by atoms with van der Waals surface area (Å²) in [5, 5.41) is 13.2. The summed E-state index contributed by atoms with van der Waals surface area (Å²) in [5.41, 5.74) is 1.71. The number of hydrogen-bond acceptors (Lipinski definition) is 5. The van der Waals surface area contributed by atoms with Crippen molar-refractivity contribution in [2.24, 2.45) is 0 Å². The maximum Gasteiger partial charge on any atom is 0.339 e. The summed E-state index contributed by atoms with van der Waals surface area (Å²) in [6.45, 7) is 3.92. The number of aromatic carboxylic acids is 1. The van der Waals surface area contributed by atoms with Crippen molar-refractivity contribution in [1.82, 2.24) is 14.7 Å². The van der Waals surface area contributed by atoms with E-state index in [1.807, 2.05) is 6.92 Å². The van der Waals surface area contributed by atoms with E-state index in [1.165, 1.54) is 10.9 Å². The van der Waals surface area contributed by atoms with Crippen molar-refractivity contribution < 1.29 is 23.1 Å². The Morgan fingerprint density at radius 3 is 2.44 bits per heavy atom. The van der Waals surface area contributed by atoms with E-state index < -0.39 is 15.8 Å². The summed E-state index contributed by atoms with van der Waals surface area (Å²) in [5.74, 6) is -1.13. The lowest BCUT2D eigenvalue weighted by atomic mass is 10.1. The smallest absolute Gasteiger partial charge is 0.339 e. The molecule has 1 aliphatic rings. The molecule has 0 saturated carbocycles. The molecule has 2 heterocycles. The zero-order valence-corrected chi connectivity index (χ0v) is 15.9. The topological polar surface area (TPSA) is 110 Å². The van der Waals surface area contributed by atoms with E-state index in [0.717, 1.165) is 0 Å². The molecule has 0 radical (unpaired) electrons. The van der Waals surface area contributed by atoms with Crippen molar-refractivity contribution in [2.75, 3.05) is 18.1 Å². The maximum absolute atomic E-state index is 12.8. The van der Waals surface area contributed by atoms with Crippen LogP contribution in [0.4, 0.5) is 0 Å². The molecule has 0 spiro atoms. The number of nitrogens with zero attached hydrogens (tertiary/aromatic N) is 3. The van der Waals surface area contributed by atoms with Gasteiger partial charge in [-0.3, -0.25) is 4.79 Å². The Labute approximate surface area is 157 Å². The lowest BCUT2D eigenvalue weighted by Crippen LogP contribution is -2.40. The van der Waals surface area contributed by atoms with Crippen molar-refractivity contribution in [3.05, 3.63) is 47.3 Å². The third-order valence-corrected chi connectivity index (χ3v) is 6.60. The number of hydrogen-bond donors (Lipinski definition) is 1. The zero-order chi connectivity index (χ0) is 19.8. The summed E-state index contributed by atoms with van der Waals surface area (Å²) in [6.07, 6.45) is 1.75. The number of carbonyl (C=O) groups excluding carboxylic acids is 1. The lowest BCUT2D eigenvalue weighted by Gasteiger charge is -2.27. The van der Waals surface area contributed by atoms with Crippen LogP contribution < -0.4 is 0 Å². The molecule has 9 heteroatoms. The molecule has 1 fully saturated rings. The van der Waals surface area contributed by atoms with Crippen LogP contribution in [0.2, 0.25) is 0 Å². The first-order valence-corrected chi connectivity index (χ1v) is 10.5. The number of aromatic nitrogens is 2. The molecule has 1 saturated heterocycles. The third kappa shape index (κ3) is 3.73. The van der Waals surface area contributed by atoms with Gasteiger partial charge < -0.3 is 10.0 Å². The van der Waals surface area contributed by atoms with Crippen LogP contribution in [0.15, 0.2) is 30.5 Å². The Morgan fingerprint density at radius 1 is 1.30 bits per heavy atom. The summed E-state index contributed by atoms with van der Waals surface area (Å²) < 4.78 is 24.9. The number of amides is 1. The van der Waals surface area contributed by atoms with Crippen LogP contribution in [-0.2, 0) is 9.84 Å². The van der Waals surface area contributed by atoms with Gasteiger partial charge in [0.2, 0.25) is 0 Å². The Balaban J connectivity index is 1.82. The van der Waals surface area contributed by atoms with E-state index in [-0.39, 0.29) is 29.0 Å². The van der Waals surface area contributed by atoms with Gasteiger partial charge in [0, 0.05) is 18.2 Å². The summed E-state index contributed by atoms with van der Waals surface area (Å²) in [4.78, 5) is 25.6. The molecule has 27 heavy (non-hydrogen) atoms. The summed E-state index contributed by atoms with van der Waals surface area (Å²) >= 11 is 0. The van der Waals surface area contributed by atoms with E-state index in [9.17, 15) is 18.0 Å². The molecule has 1 N–H and O–H groups in total. The van der Waals surface area contributed by atoms with Gasteiger partial charge in [-0.05, 0) is 44.5 Å². The molecule has 3 rings (SSSR count). The SMILES string of the molecule is CCN(C(=O)c1ccc(-n2ncc(C(=O)O)c2C)cc1)C1CCS(=O)(=O)C1. The maximum atomic E-state index is 12.8. The number of carboxylic acid groups (broad SMARTS) is 1. The fraction of sp³-hybridized carbons (Fsp3) is 0.389. The van der Waals surface area contributed by atoms with Gasteiger partial charge in [0.05, 0.1) is 29.1 Å². The monoisotopic (exact) mass is 391 g/mol. The fourth-order valence-corrected chi connectivity index (χ4v) is 5.11. The number of carbonyl (C=O) groups is 2. The Morgan fingerprint density at radius 2 is 1.96 bits per heavy atom. The van der Waals surface area contributed by atoms with Crippen LogP contribution in [0.5, 0.6) is 0 Å². The first-order valence-electron chi connectivity index (χ1n) is 8.63. The minimum absolute atomic E-state index is 0.00904. The normalized spacial score (nSPS) is 18.4. The second kappa shape index (κ2) is 7.15. The van der Waals surface area contributed by atoms with Crippen molar-refractivity contribution in [3.63, 3.8) is 0 Å². The van der Waals surface area contributed by atoms with Crippen LogP contribution >= 0.6 is 0 Å². The summed E-state index contributed by atoms with van der Waals surface area (Å²) in [6, 6.07) is 6.38. The van der Waals surface area contributed by atoms with Gasteiger partial charge in [-0.2, -0.15) is 5.10 Å². The minimum atomic E-state index is -3.07. The van der Waals surface area contributed by atoms with Crippen LogP contribution in [0, 0.1) is 6.92 Å². The molecule has 1 aromatic carbocycles. The van der Waals surface area contributed by atoms with Gasteiger partial charge in [-0.25, -0.2) is 17.9 Å².